The first-order valence-electron chi connectivity index (χ1n) is 7.01. The van der Waals surface area contributed by atoms with E-state index in [2.05, 4.69) is 16.4 Å². The summed E-state index contributed by atoms with van der Waals surface area (Å²) in [6.07, 6.45) is 0.327. The number of rotatable bonds is 5. The molecule has 3 aromatic rings. The molecular formula is C17H16N2OS2. The van der Waals surface area contributed by atoms with E-state index >= 15 is 0 Å². The molecule has 112 valence electrons. The molecule has 0 bridgehead atoms. The second-order valence-electron chi connectivity index (χ2n) is 5.06. The molecule has 3 rings (SSSR count). The predicted molar refractivity (Wildman–Crippen MR) is 92.2 cm³/mol. The number of nitrogens with zero attached hydrogens (tertiary/aromatic N) is 1. The van der Waals surface area contributed by atoms with Crippen LogP contribution in [-0.4, -0.2) is 10.9 Å². The minimum absolute atomic E-state index is 0.00420. The van der Waals surface area contributed by atoms with Gasteiger partial charge in [0.25, 0.3) is 0 Å². The maximum absolute atomic E-state index is 12.0. The van der Waals surface area contributed by atoms with Crippen molar-refractivity contribution >= 4 is 28.6 Å². The highest BCUT2D eigenvalue weighted by atomic mass is 32.1. The number of carbonyl (C=O) groups excluding carboxylic acids is 1. The molecule has 0 aliphatic carbocycles. The van der Waals surface area contributed by atoms with Gasteiger partial charge in [-0.2, -0.15) is 0 Å². The van der Waals surface area contributed by atoms with Crippen LogP contribution in [0.15, 0.2) is 47.2 Å². The highest BCUT2D eigenvalue weighted by molar-refractivity contribution is 7.20. The number of aromatic nitrogens is 1. The molecule has 0 aliphatic rings. The number of hydrogen-bond acceptors (Lipinski definition) is 4. The van der Waals surface area contributed by atoms with E-state index in [0.717, 1.165) is 21.1 Å². The smallest absolute Gasteiger partial charge is 0.226 e. The van der Waals surface area contributed by atoms with E-state index in [1.165, 1.54) is 5.56 Å². The van der Waals surface area contributed by atoms with E-state index in [1.807, 2.05) is 48.0 Å². The van der Waals surface area contributed by atoms with Gasteiger partial charge in [0, 0.05) is 11.9 Å². The number of amides is 1. The summed E-state index contributed by atoms with van der Waals surface area (Å²) in [6, 6.07) is 12.2. The van der Waals surface area contributed by atoms with Crippen molar-refractivity contribution in [3.05, 3.63) is 64.0 Å². The Kier molecular flexibility index (Phi) is 4.65. The molecule has 0 radical (unpaired) electrons. The van der Waals surface area contributed by atoms with E-state index in [0.29, 0.717) is 13.0 Å². The van der Waals surface area contributed by atoms with Crippen LogP contribution in [-0.2, 0) is 17.8 Å². The van der Waals surface area contributed by atoms with Crippen molar-refractivity contribution in [3.63, 3.8) is 0 Å². The average molecular weight is 328 g/mol. The number of aryl methyl sites for hydroxylation is 1. The fourth-order valence-electron chi connectivity index (χ4n) is 2.15. The Labute approximate surface area is 137 Å². The molecule has 0 saturated heterocycles. The Bertz CT molecular complexity index is 763. The van der Waals surface area contributed by atoms with Crippen LogP contribution in [0.3, 0.4) is 0 Å². The van der Waals surface area contributed by atoms with Gasteiger partial charge in [-0.1, -0.05) is 35.9 Å². The van der Waals surface area contributed by atoms with Gasteiger partial charge < -0.3 is 5.32 Å². The van der Waals surface area contributed by atoms with Gasteiger partial charge in [-0.05, 0) is 23.9 Å². The SMILES string of the molecule is Cc1cccc(CNC(=O)Cc2csc(-c3cccs3)n2)c1. The van der Waals surface area contributed by atoms with Crippen molar-refractivity contribution in [2.75, 3.05) is 0 Å². The third-order valence-corrected chi connectivity index (χ3v) is 5.13. The van der Waals surface area contributed by atoms with Crippen molar-refractivity contribution in [2.45, 2.75) is 19.9 Å². The van der Waals surface area contributed by atoms with Gasteiger partial charge in [0.1, 0.15) is 5.01 Å². The standard InChI is InChI=1S/C17H16N2OS2/c1-12-4-2-5-13(8-12)10-18-16(20)9-14-11-22-17(19-14)15-6-3-7-21-15/h2-8,11H,9-10H2,1H3,(H,18,20). The van der Waals surface area contributed by atoms with Crippen LogP contribution in [0.2, 0.25) is 0 Å². The Hall–Kier alpha value is -1.98. The average Bonchev–Trinajstić information content (AvgIpc) is 3.16. The van der Waals surface area contributed by atoms with Crippen molar-refractivity contribution in [1.82, 2.24) is 10.3 Å². The lowest BCUT2D eigenvalue weighted by Crippen LogP contribution is -2.24. The van der Waals surface area contributed by atoms with Crippen LogP contribution in [0, 0.1) is 6.92 Å². The highest BCUT2D eigenvalue weighted by Gasteiger charge is 2.09. The molecule has 1 amide bonds. The fraction of sp³-hybridized carbons (Fsp3) is 0.176. The van der Waals surface area contributed by atoms with Crippen LogP contribution in [0.25, 0.3) is 9.88 Å². The molecule has 0 atom stereocenters. The van der Waals surface area contributed by atoms with Gasteiger partial charge >= 0.3 is 0 Å². The molecule has 3 nitrogen and oxygen atoms in total. The van der Waals surface area contributed by atoms with Gasteiger partial charge in [0.05, 0.1) is 17.0 Å². The van der Waals surface area contributed by atoms with Gasteiger partial charge in [0.15, 0.2) is 0 Å². The summed E-state index contributed by atoms with van der Waals surface area (Å²) in [7, 11) is 0. The first-order chi connectivity index (χ1) is 10.7. The molecule has 0 unspecified atom stereocenters. The molecule has 22 heavy (non-hydrogen) atoms. The molecule has 1 N–H and O–H groups in total. The molecular weight excluding hydrogens is 312 g/mol. The van der Waals surface area contributed by atoms with Gasteiger partial charge in [-0.3, -0.25) is 4.79 Å². The van der Waals surface area contributed by atoms with Crippen LogP contribution in [0.5, 0.6) is 0 Å². The van der Waals surface area contributed by atoms with Crippen LogP contribution in [0.1, 0.15) is 16.8 Å². The van der Waals surface area contributed by atoms with Gasteiger partial charge in [-0.15, -0.1) is 22.7 Å². The van der Waals surface area contributed by atoms with E-state index in [-0.39, 0.29) is 5.91 Å². The molecule has 0 aliphatic heterocycles. The Morgan fingerprint density at radius 3 is 2.91 bits per heavy atom. The maximum Gasteiger partial charge on any atom is 0.226 e. The number of hydrogen-bond donors (Lipinski definition) is 1. The lowest BCUT2D eigenvalue weighted by Gasteiger charge is -2.05. The summed E-state index contributed by atoms with van der Waals surface area (Å²) < 4.78 is 0. The lowest BCUT2D eigenvalue weighted by molar-refractivity contribution is -0.120. The summed E-state index contributed by atoms with van der Waals surface area (Å²) in [5, 5.41) is 7.92. The first kappa shape index (κ1) is 14.9. The predicted octanol–water partition coefficient (Wildman–Crippen LogP) is 4.04. The van der Waals surface area contributed by atoms with Gasteiger partial charge in [-0.25, -0.2) is 4.98 Å². The summed E-state index contributed by atoms with van der Waals surface area (Å²) in [4.78, 5) is 17.7. The largest absolute Gasteiger partial charge is 0.352 e. The fourth-order valence-corrected chi connectivity index (χ4v) is 3.79. The number of benzene rings is 1. The van der Waals surface area contributed by atoms with Crippen LogP contribution in [0.4, 0.5) is 0 Å². The summed E-state index contributed by atoms with van der Waals surface area (Å²) >= 11 is 3.25. The topological polar surface area (TPSA) is 42.0 Å². The molecule has 0 fully saturated rings. The highest BCUT2D eigenvalue weighted by Crippen LogP contribution is 2.27. The van der Waals surface area contributed by atoms with Crippen molar-refractivity contribution in [1.29, 1.82) is 0 Å². The van der Waals surface area contributed by atoms with E-state index in [9.17, 15) is 4.79 Å². The maximum atomic E-state index is 12.0. The zero-order chi connectivity index (χ0) is 15.4. The molecule has 0 spiro atoms. The Balaban J connectivity index is 1.56. The minimum Gasteiger partial charge on any atom is -0.352 e. The molecule has 0 saturated carbocycles. The number of thiazole rings is 1. The van der Waals surface area contributed by atoms with Crippen molar-refractivity contribution in [2.24, 2.45) is 0 Å². The summed E-state index contributed by atoms with van der Waals surface area (Å²) in [5.41, 5.74) is 3.15. The third-order valence-electron chi connectivity index (χ3n) is 3.20. The molecule has 5 heteroatoms. The van der Waals surface area contributed by atoms with Gasteiger partial charge in [0.2, 0.25) is 5.91 Å². The Morgan fingerprint density at radius 2 is 2.14 bits per heavy atom. The molecule has 2 aromatic heterocycles. The van der Waals surface area contributed by atoms with Crippen molar-refractivity contribution in [3.8, 4) is 9.88 Å². The Morgan fingerprint density at radius 1 is 1.23 bits per heavy atom. The second-order valence-corrected chi connectivity index (χ2v) is 6.87. The first-order valence-corrected chi connectivity index (χ1v) is 8.77. The van der Waals surface area contributed by atoms with Crippen molar-refractivity contribution < 1.29 is 4.79 Å². The minimum atomic E-state index is 0.00420. The summed E-state index contributed by atoms with van der Waals surface area (Å²) in [6.45, 7) is 2.61. The number of thiophene rings is 1. The van der Waals surface area contributed by atoms with Crippen LogP contribution < -0.4 is 5.32 Å². The number of nitrogens with one attached hydrogen (secondary N) is 1. The second kappa shape index (κ2) is 6.85. The zero-order valence-corrected chi connectivity index (χ0v) is 13.8. The van der Waals surface area contributed by atoms with E-state index < -0.39 is 0 Å². The third kappa shape index (κ3) is 3.81. The lowest BCUT2D eigenvalue weighted by atomic mass is 10.1. The molecule has 2 heterocycles. The zero-order valence-electron chi connectivity index (χ0n) is 12.2. The molecule has 1 aromatic carbocycles. The van der Waals surface area contributed by atoms with Crippen LogP contribution >= 0.6 is 22.7 Å². The quantitative estimate of drug-likeness (QED) is 0.768. The number of carbonyl (C=O) groups is 1. The monoisotopic (exact) mass is 328 g/mol. The normalized spacial score (nSPS) is 10.6. The van der Waals surface area contributed by atoms with E-state index in [4.69, 9.17) is 0 Å². The van der Waals surface area contributed by atoms with E-state index in [1.54, 1.807) is 22.7 Å². The summed E-state index contributed by atoms with van der Waals surface area (Å²) in [5.74, 6) is 0.00420.